The fraction of sp³-hybridized carbons (Fsp3) is 0.786. The van der Waals surface area contributed by atoms with E-state index < -0.39 is 6.10 Å². The maximum Gasteiger partial charge on any atom is 0.135 e. The highest BCUT2D eigenvalue weighted by atomic mass is 16.3. The lowest BCUT2D eigenvalue weighted by Crippen LogP contribution is -2.26. The van der Waals surface area contributed by atoms with E-state index >= 15 is 0 Å². The average Bonchev–Trinajstić information content (AvgIpc) is 2.44. The van der Waals surface area contributed by atoms with Crippen molar-refractivity contribution in [2.75, 3.05) is 0 Å². The van der Waals surface area contributed by atoms with Gasteiger partial charge in [0.2, 0.25) is 0 Å². The number of carbonyl (C=O) groups is 1. The van der Waals surface area contributed by atoms with Crippen LogP contribution in [-0.2, 0) is 4.79 Å². The van der Waals surface area contributed by atoms with Crippen LogP contribution in [0, 0.1) is 11.3 Å². The number of aliphatic hydroxyl groups is 1. The second-order valence-electron chi connectivity index (χ2n) is 5.53. The van der Waals surface area contributed by atoms with Gasteiger partial charge in [-0.15, -0.1) is 0 Å². The van der Waals surface area contributed by atoms with E-state index in [1.807, 2.05) is 6.92 Å². The van der Waals surface area contributed by atoms with Crippen LogP contribution in [-0.4, -0.2) is 17.0 Å². The summed E-state index contributed by atoms with van der Waals surface area (Å²) in [6, 6.07) is 0. The Morgan fingerprint density at radius 3 is 2.69 bits per heavy atom. The predicted octanol–water partition coefficient (Wildman–Crippen LogP) is 3.10. The van der Waals surface area contributed by atoms with Crippen molar-refractivity contribution in [1.82, 2.24) is 0 Å². The smallest absolute Gasteiger partial charge is 0.135 e. The van der Waals surface area contributed by atoms with Crippen molar-refractivity contribution in [3.63, 3.8) is 0 Å². The Morgan fingerprint density at radius 1 is 1.62 bits per heavy atom. The summed E-state index contributed by atoms with van der Waals surface area (Å²) < 4.78 is 0. The lowest BCUT2D eigenvalue weighted by molar-refractivity contribution is -0.120. The minimum Gasteiger partial charge on any atom is -0.393 e. The molecule has 0 aromatic rings. The fourth-order valence-corrected chi connectivity index (χ4v) is 2.41. The van der Waals surface area contributed by atoms with E-state index in [9.17, 15) is 9.90 Å². The van der Waals surface area contributed by atoms with Crippen molar-refractivity contribution in [3.05, 3.63) is 11.6 Å². The van der Waals surface area contributed by atoms with Crippen LogP contribution >= 0.6 is 0 Å². The quantitative estimate of drug-likeness (QED) is 0.729. The molecule has 0 saturated heterocycles. The number of aliphatic hydroxyl groups excluding tert-OH is 1. The molecule has 0 fully saturated rings. The van der Waals surface area contributed by atoms with Gasteiger partial charge in [0.25, 0.3) is 0 Å². The Kier molecular flexibility index (Phi) is 4.31. The van der Waals surface area contributed by atoms with Crippen LogP contribution in [0.15, 0.2) is 11.6 Å². The van der Waals surface area contributed by atoms with Crippen molar-refractivity contribution >= 4 is 5.78 Å². The molecule has 2 atom stereocenters. The highest BCUT2D eigenvalue weighted by Gasteiger charge is 2.35. The average molecular weight is 224 g/mol. The van der Waals surface area contributed by atoms with Crippen LogP contribution in [0.5, 0.6) is 0 Å². The molecule has 2 unspecified atom stereocenters. The summed E-state index contributed by atoms with van der Waals surface area (Å²) >= 11 is 0. The van der Waals surface area contributed by atoms with Crippen LogP contribution in [0.2, 0.25) is 0 Å². The Hall–Kier alpha value is -0.630. The molecule has 0 saturated carbocycles. The Morgan fingerprint density at radius 2 is 2.25 bits per heavy atom. The third kappa shape index (κ3) is 2.94. The van der Waals surface area contributed by atoms with E-state index in [1.165, 1.54) is 5.57 Å². The van der Waals surface area contributed by atoms with Gasteiger partial charge < -0.3 is 5.11 Å². The van der Waals surface area contributed by atoms with Crippen molar-refractivity contribution in [2.24, 2.45) is 11.3 Å². The molecule has 0 radical (unpaired) electrons. The SMILES string of the molecule is CCC(=O)CC(O)CC1CC=C(C)C1(C)C. The number of ketones is 1. The number of hydrogen-bond acceptors (Lipinski definition) is 2. The van der Waals surface area contributed by atoms with Gasteiger partial charge >= 0.3 is 0 Å². The van der Waals surface area contributed by atoms with E-state index in [1.54, 1.807) is 0 Å². The topological polar surface area (TPSA) is 37.3 Å². The molecule has 2 nitrogen and oxygen atoms in total. The highest BCUT2D eigenvalue weighted by molar-refractivity contribution is 5.78. The summed E-state index contributed by atoms with van der Waals surface area (Å²) in [5.41, 5.74) is 1.59. The third-order valence-electron chi connectivity index (χ3n) is 4.16. The van der Waals surface area contributed by atoms with Crippen LogP contribution in [0.25, 0.3) is 0 Å². The standard InChI is InChI=1S/C14H24O2/c1-5-12(15)9-13(16)8-11-7-6-10(2)14(11,3)4/h6,11,13,16H,5,7-9H2,1-4H3. The van der Waals surface area contributed by atoms with Gasteiger partial charge in [-0.25, -0.2) is 0 Å². The normalized spacial score (nSPS) is 25.3. The molecule has 0 amide bonds. The molecule has 0 heterocycles. The summed E-state index contributed by atoms with van der Waals surface area (Å²) in [6.45, 7) is 8.46. The number of carbonyl (C=O) groups excluding carboxylic acids is 1. The summed E-state index contributed by atoms with van der Waals surface area (Å²) in [5.74, 6) is 0.639. The van der Waals surface area contributed by atoms with Gasteiger partial charge in [-0.1, -0.05) is 32.4 Å². The summed E-state index contributed by atoms with van der Waals surface area (Å²) in [7, 11) is 0. The summed E-state index contributed by atoms with van der Waals surface area (Å²) in [4.78, 5) is 11.2. The molecule has 1 aliphatic rings. The number of Topliss-reactive ketones (excluding diaryl/α,β-unsaturated/α-hetero) is 1. The lowest BCUT2D eigenvalue weighted by atomic mass is 9.75. The lowest BCUT2D eigenvalue weighted by Gasteiger charge is -2.31. The van der Waals surface area contributed by atoms with Gasteiger partial charge in [0, 0.05) is 12.8 Å². The first-order valence-corrected chi connectivity index (χ1v) is 6.25. The van der Waals surface area contributed by atoms with Gasteiger partial charge in [0.15, 0.2) is 0 Å². The van der Waals surface area contributed by atoms with E-state index in [4.69, 9.17) is 0 Å². The zero-order valence-corrected chi connectivity index (χ0v) is 10.9. The molecule has 1 aliphatic carbocycles. The molecule has 0 aliphatic heterocycles. The van der Waals surface area contributed by atoms with Gasteiger partial charge in [-0.3, -0.25) is 4.79 Å². The highest BCUT2D eigenvalue weighted by Crippen LogP contribution is 2.45. The molecule has 0 bridgehead atoms. The summed E-state index contributed by atoms with van der Waals surface area (Å²) in [5, 5.41) is 9.89. The second kappa shape index (κ2) is 5.13. The molecule has 1 rings (SSSR count). The minimum atomic E-state index is -0.462. The first-order valence-electron chi connectivity index (χ1n) is 6.25. The number of hydrogen-bond donors (Lipinski definition) is 1. The van der Waals surface area contributed by atoms with E-state index in [-0.39, 0.29) is 11.2 Å². The van der Waals surface area contributed by atoms with Crippen LogP contribution in [0.1, 0.15) is 53.4 Å². The van der Waals surface area contributed by atoms with E-state index in [0.717, 1.165) is 12.8 Å². The van der Waals surface area contributed by atoms with Gasteiger partial charge in [0.05, 0.1) is 6.10 Å². The van der Waals surface area contributed by atoms with E-state index in [2.05, 4.69) is 26.8 Å². The molecule has 0 aromatic heterocycles. The zero-order chi connectivity index (χ0) is 12.3. The van der Waals surface area contributed by atoms with Gasteiger partial charge in [-0.05, 0) is 31.1 Å². The van der Waals surface area contributed by atoms with Crippen molar-refractivity contribution in [1.29, 1.82) is 0 Å². The fourth-order valence-electron chi connectivity index (χ4n) is 2.41. The first-order chi connectivity index (χ1) is 7.37. The Bertz CT molecular complexity index is 289. The summed E-state index contributed by atoms with van der Waals surface area (Å²) in [6.07, 6.45) is 4.43. The zero-order valence-electron chi connectivity index (χ0n) is 10.9. The maximum absolute atomic E-state index is 11.2. The maximum atomic E-state index is 11.2. The second-order valence-corrected chi connectivity index (χ2v) is 5.53. The Labute approximate surface area is 98.7 Å². The minimum absolute atomic E-state index is 0.160. The molecular weight excluding hydrogens is 200 g/mol. The van der Waals surface area contributed by atoms with Crippen molar-refractivity contribution in [3.8, 4) is 0 Å². The van der Waals surface area contributed by atoms with Gasteiger partial charge in [0.1, 0.15) is 5.78 Å². The molecule has 0 aromatic carbocycles. The molecule has 0 spiro atoms. The van der Waals surface area contributed by atoms with Crippen LogP contribution < -0.4 is 0 Å². The number of rotatable bonds is 5. The third-order valence-corrected chi connectivity index (χ3v) is 4.16. The molecule has 2 heteroatoms. The van der Waals surface area contributed by atoms with Crippen LogP contribution in [0.3, 0.4) is 0 Å². The van der Waals surface area contributed by atoms with Gasteiger partial charge in [-0.2, -0.15) is 0 Å². The van der Waals surface area contributed by atoms with E-state index in [0.29, 0.717) is 18.8 Å². The predicted molar refractivity (Wildman–Crippen MR) is 66.2 cm³/mol. The molecule has 16 heavy (non-hydrogen) atoms. The number of allylic oxidation sites excluding steroid dienone is 2. The Balaban J connectivity index is 2.47. The molecular formula is C14H24O2. The molecule has 1 N–H and O–H groups in total. The first kappa shape index (κ1) is 13.4. The van der Waals surface area contributed by atoms with Crippen molar-refractivity contribution in [2.45, 2.75) is 59.5 Å². The van der Waals surface area contributed by atoms with Crippen LogP contribution in [0.4, 0.5) is 0 Å². The largest absolute Gasteiger partial charge is 0.393 e. The monoisotopic (exact) mass is 224 g/mol. The molecule has 92 valence electrons. The van der Waals surface area contributed by atoms with Crippen molar-refractivity contribution < 1.29 is 9.90 Å².